The molecule has 0 aliphatic carbocycles. The number of hydrogen-bond acceptors (Lipinski definition) is 3. The van der Waals surface area contributed by atoms with Crippen molar-refractivity contribution in [3.63, 3.8) is 0 Å². The van der Waals surface area contributed by atoms with Crippen LogP contribution in [0, 0.1) is 11.7 Å². The maximum absolute atomic E-state index is 13.8. The number of halogens is 3. The molecule has 1 heterocycles. The second-order valence-corrected chi connectivity index (χ2v) is 7.01. The summed E-state index contributed by atoms with van der Waals surface area (Å²) in [5, 5.41) is 3.33. The second-order valence-electron chi connectivity index (χ2n) is 6.10. The third kappa shape index (κ3) is 6.68. The minimum Gasteiger partial charge on any atom is -0.469 e. The highest BCUT2D eigenvalue weighted by atomic mass is 127. The Labute approximate surface area is 179 Å². The Balaban J connectivity index is 0.00000338. The summed E-state index contributed by atoms with van der Waals surface area (Å²) < 4.78 is 19.4. The molecule has 0 unspecified atom stereocenters. The fourth-order valence-electron chi connectivity index (χ4n) is 3.03. The van der Waals surface area contributed by atoms with E-state index in [1.807, 2.05) is 12.1 Å². The molecule has 1 aromatic carbocycles. The number of esters is 1. The van der Waals surface area contributed by atoms with Gasteiger partial charge < -0.3 is 15.0 Å². The lowest BCUT2D eigenvalue weighted by Crippen LogP contribution is -2.46. The molecule has 0 saturated carbocycles. The summed E-state index contributed by atoms with van der Waals surface area (Å²) in [6, 6.07) is 5.16. The van der Waals surface area contributed by atoms with Gasteiger partial charge in [-0.05, 0) is 43.4 Å². The Kier molecular flexibility index (Phi) is 10.4. The molecule has 1 aromatic rings. The smallest absolute Gasteiger partial charge is 0.308 e. The van der Waals surface area contributed by atoms with Crippen molar-refractivity contribution in [2.45, 2.75) is 25.7 Å². The highest BCUT2D eigenvalue weighted by Crippen LogP contribution is 2.19. The quantitative estimate of drug-likeness (QED) is 0.203. The molecule has 1 aliphatic heterocycles. The Hall–Kier alpha value is -0.900. The van der Waals surface area contributed by atoms with Crippen LogP contribution < -0.4 is 5.32 Å². The van der Waals surface area contributed by atoms with Crippen LogP contribution in [-0.4, -0.2) is 50.6 Å². The summed E-state index contributed by atoms with van der Waals surface area (Å²) >= 11 is 3.27. The minimum atomic E-state index is -0.177. The van der Waals surface area contributed by atoms with Crippen LogP contribution in [0.5, 0.6) is 0 Å². The molecule has 5 nitrogen and oxygen atoms in total. The fourth-order valence-corrected chi connectivity index (χ4v) is 3.36. The van der Waals surface area contributed by atoms with Crippen LogP contribution in [0.1, 0.15) is 24.8 Å². The molecule has 0 bridgehead atoms. The van der Waals surface area contributed by atoms with Gasteiger partial charge in [-0.25, -0.2) is 4.39 Å². The Morgan fingerprint density at radius 2 is 2.12 bits per heavy atom. The SMILES string of the molecule is CN=C(NCCCc1ccc(Br)cc1F)N1CCC(C(=O)OC)CC1.I. The average Bonchev–Trinajstić information content (AvgIpc) is 2.63. The van der Waals surface area contributed by atoms with Crippen molar-refractivity contribution < 1.29 is 13.9 Å². The van der Waals surface area contributed by atoms with E-state index in [-0.39, 0.29) is 41.7 Å². The first-order valence-corrected chi connectivity index (χ1v) is 9.31. The number of carbonyl (C=O) groups excluding carboxylic acids is 1. The van der Waals surface area contributed by atoms with Crippen LogP contribution in [0.4, 0.5) is 4.39 Å². The number of aryl methyl sites for hydroxylation is 1. The molecule has 1 saturated heterocycles. The number of ether oxygens (including phenoxy) is 1. The van der Waals surface area contributed by atoms with Gasteiger partial charge in [0.1, 0.15) is 5.82 Å². The largest absolute Gasteiger partial charge is 0.469 e. The number of hydrogen-bond donors (Lipinski definition) is 1. The number of carbonyl (C=O) groups is 1. The summed E-state index contributed by atoms with van der Waals surface area (Å²) in [4.78, 5) is 18.0. The second kappa shape index (κ2) is 11.7. The third-order valence-corrected chi connectivity index (χ3v) is 4.96. The van der Waals surface area contributed by atoms with E-state index >= 15 is 0 Å². The zero-order valence-corrected chi connectivity index (χ0v) is 19.1. The predicted octanol–water partition coefficient (Wildman–Crippen LogP) is 3.60. The number of rotatable bonds is 5. The molecule has 0 aromatic heterocycles. The van der Waals surface area contributed by atoms with E-state index in [1.165, 1.54) is 13.2 Å². The molecule has 1 aliphatic rings. The lowest BCUT2D eigenvalue weighted by atomic mass is 9.97. The van der Waals surface area contributed by atoms with Crippen LogP contribution in [0.15, 0.2) is 27.7 Å². The number of guanidine groups is 1. The summed E-state index contributed by atoms with van der Waals surface area (Å²) in [6.45, 7) is 2.28. The topological polar surface area (TPSA) is 53.9 Å². The van der Waals surface area contributed by atoms with Crippen molar-refractivity contribution in [1.82, 2.24) is 10.2 Å². The van der Waals surface area contributed by atoms with Crippen LogP contribution in [0.2, 0.25) is 0 Å². The molecule has 8 heteroatoms. The van der Waals surface area contributed by atoms with Crippen LogP contribution >= 0.6 is 39.9 Å². The number of aliphatic imine (C=N–C) groups is 1. The average molecular weight is 542 g/mol. The van der Waals surface area contributed by atoms with Crippen LogP contribution in [-0.2, 0) is 16.0 Å². The summed E-state index contributed by atoms with van der Waals surface area (Å²) in [5.41, 5.74) is 0.721. The number of benzene rings is 1. The molecule has 1 N–H and O–H groups in total. The van der Waals surface area contributed by atoms with Crippen molar-refractivity contribution >= 4 is 51.8 Å². The maximum atomic E-state index is 13.8. The number of nitrogens with zero attached hydrogens (tertiary/aromatic N) is 2. The van der Waals surface area contributed by atoms with Crippen LogP contribution in [0.25, 0.3) is 0 Å². The van der Waals surface area contributed by atoms with E-state index < -0.39 is 0 Å². The Morgan fingerprint density at radius 3 is 2.69 bits per heavy atom. The van der Waals surface area contributed by atoms with Crippen LogP contribution in [0.3, 0.4) is 0 Å². The first-order chi connectivity index (χ1) is 12.0. The molecule has 0 atom stereocenters. The van der Waals surface area contributed by atoms with Gasteiger partial charge in [0.2, 0.25) is 0 Å². The molecule has 1 fully saturated rings. The molecule has 2 rings (SSSR count). The first kappa shape index (κ1) is 23.1. The van der Waals surface area contributed by atoms with Crippen molar-refractivity contribution in [3.05, 3.63) is 34.1 Å². The number of methoxy groups -OCH3 is 1. The van der Waals surface area contributed by atoms with E-state index in [1.54, 1.807) is 7.05 Å². The van der Waals surface area contributed by atoms with Gasteiger partial charge in [-0.1, -0.05) is 22.0 Å². The van der Waals surface area contributed by atoms with E-state index in [9.17, 15) is 9.18 Å². The fraction of sp³-hybridized carbons (Fsp3) is 0.556. The monoisotopic (exact) mass is 541 g/mol. The van der Waals surface area contributed by atoms with E-state index in [2.05, 4.69) is 31.1 Å². The minimum absolute atomic E-state index is 0. The lowest BCUT2D eigenvalue weighted by molar-refractivity contribution is -0.146. The van der Waals surface area contributed by atoms with Gasteiger partial charge in [0.05, 0.1) is 13.0 Å². The summed E-state index contributed by atoms with van der Waals surface area (Å²) in [7, 11) is 3.19. The van der Waals surface area contributed by atoms with Gasteiger partial charge in [-0.2, -0.15) is 0 Å². The maximum Gasteiger partial charge on any atom is 0.308 e. The van der Waals surface area contributed by atoms with E-state index in [0.29, 0.717) is 6.42 Å². The number of likely N-dealkylation sites (tertiary alicyclic amines) is 1. The van der Waals surface area contributed by atoms with Crippen molar-refractivity contribution in [1.29, 1.82) is 0 Å². The molecule has 0 radical (unpaired) electrons. The standard InChI is InChI=1S/C18H25BrFN3O2.HI/c1-21-18(23-10-7-14(8-11-23)17(24)25-2)22-9-3-4-13-5-6-15(19)12-16(13)20;/h5-6,12,14H,3-4,7-11H2,1-2H3,(H,21,22);1H. The highest BCUT2D eigenvalue weighted by molar-refractivity contribution is 14.0. The lowest BCUT2D eigenvalue weighted by Gasteiger charge is -2.33. The van der Waals surface area contributed by atoms with Gasteiger partial charge in [-0.15, -0.1) is 24.0 Å². The first-order valence-electron chi connectivity index (χ1n) is 8.52. The van der Waals surface area contributed by atoms with Gasteiger partial charge in [0.25, 0.3) is 0 Å². The zero-order chi connectivity index (χ0) is 18.2. The predicted molar refractivity (Wildman–Crippen MR) is 116 cm³/mol. The summed E-state index contributed by atoms with van der Waals surface area (Å²) in [6.07, 6.45) is 3.04. The number of piperidine rings is 1. The zero-order valence-electron chi connectivity index (χ0n) is 15.1. The van der Waals surface area contributed by atoms with Crippen molar-refractivity contribution in [2.75, 3.05) is 33.8 Å². The molecular weight excluding hydrogens is 516 g/mol. The molecule has 0 amide bonds. The van der Waals surface area contributed by atoms with Crippen molar-refractivity contribution in [3.8, 4) is 0 Å². The third-order valence-electron chi connectivity index (χ3n) is 4.46. The normalized spacial score (nSPS) is 15.4. The molecule has 26 heavy (non-hydrogen) atoms. The van der Waals surface area contributed by atoms with Gasteiger partial charge in [0.15, 0.2) is 5.96 Å². The van der Waals surface area contributed by atoms with E-state index in [4.69, 9.17) is 4.74 Å². The molecule has 146 valence electrons. The highest BCUT2D eigenvalue weighted by Gasteiger charge is 2.26. The molecular formula is C18H26BrFIN3O2. The summed E-state index contributed by atoms with van der Waals surface area (Å²) in [5.74, 6) is 0.516. The van der Waals surface area contributed by atoms with Gasteiger partial charge in [-0.3, -0.25) is 9.79 Å². The van der Waals surface area contributed by atoms with Gasteiger partial charge >= 0.3 is 5.97 Å². The molecule has 0 spiro atoms. The van der Waals surface area contributed by atoms with Gasteiger partial charge in [0, 0.05) is 31.2 Å². The Morgan fingerprint density at radius 1 is 1.42 bits per heavy atom. The Bertz CT molecular complexity index is 622. The van der Waals surface area contributed by atoms with Crippen molar-refractivity contribution in [2.24, 2.45) is 10.9 Å². The number of nitrogens with one attached hydrogen (secondary N) is 1. The van der Waals surface area contributed by atoms with E-state index in [0.717, 1.165) is 54.9 Å².